The Bertz CT molecular complexity index is 1010. The van der Waals surface area contributed by atoms with Crippen LogP contribution in [0.5, 0.6) is 0 Å². The molecule has 0 heterocycles. The molecule has 0 radical (unpaired) electrons. The highest BCUT2D eigenvalue weighted by atomic mass is 16.5. The number of rotatable bonds is 54. The third kappa shape index (κ3) is 51.6. The van der Waals surface area contributed by atoms with E-state index in [9.17, 15) is 19.8 Å². The van der Waals surface area contributed by atoms with Crippen molar-refractivity contribution >= 4 is 11.9 Å². The van der Waals surface area contributed by atoms with E-state index in [0.29, 0.717) is 19.4 Å². The normalized spacial score (nSPS) is 12.7. The lowest BCUT2D eigenvalue weighted by atomic mass is 10.0. The smallest absolute Gasteiger partial charge is 0.305 e. The van der Waals surface area contributed by atoms with E-state index < -0.39 is 12.1 Å². The lowest BCUT2D eigenvalue weighted by Gasteiger charge is -2.20. The molecule has 0 aromatic heterocycles. The fourth-order valence-electron chi connectivity index (χ4n) is 8.98. The van der Waals surface area contributed by atoms with E-state index >= 15 is 0 Å². The third-order valence-corrected chi connectivity index (χ3v) is 13.5. The fourth-order valence-corrected chi connectivity index (χ4v) is 8.98. The first-order valence-electron chi connectivity index (χ1n) is 29.1. The minimum atomic E-state index is -0.843. The first-order valence-corrected chi connectivity index (χ1v) is 29.1. The minimum Gasteiger partial charge on any atom is -0.466 e. The zero-order chi connectivity index (χ0) is 47.2. The van der Waals surface area contributed by atoms with Crippen molar-refractivity contribution in [3.63, 3.8) is 0 Å². The van der Waals surface area contributed by atoms with E-state index in [2.05, 4.69) is 31.3 Å². The fraction of sp³-hybridized carbons (Fsp3) is 0.898. The van der Waals surface area contributed by atoms with Crippen molar-refractivity contribution in [1.29, 1.82) is 0 Å². The van der Waals surface area contributed by atoms with Gasteiger partial charge in [-0.1, -0.05) is 269 Å². The Balaban J connectivity index is 3.39. The Morgan fingerprint density at radius 3 is 1.09 bits per heavy atom. The molecule has 0 saturated heterocycles. The van der Waals surface area contributed by atoms with Gasteiger partial charge in [-0.2, -0.15) is 0 Å². The molecule has 0 aromatic rings. The van der Waals surface area contributed by atoms with E-state index in [1.165, 1.54) is 244 Å². The Morgan fingerprint density at radius 2 is 0.723 bits per heavy atom. The summed E-state index contributed by atoms with van der Waals surface area (Å²) in [6.45, 7) is 4.89. The number of nitrogens with one attached hydrogen (secondary N) is 1. The van der Waals surface area contributed by atoms with Gasteiger partial charge in [0.2, 0.25) is 5.91 Å². The van der Waals surface area contributed by atoms with E-state index in [4.69, 9.17) is 4.74 Å². The van der Waals surface area contributed by atoms with E-state index in [-0.39, 0.29) is 18.5 Å². The number of amides is 1. The van der Waals surface area contributed by atoms with Gasteiger partial charge in [-0.05, 0) is 57.8 Å². The summed E-state index contributed by atoms with van der Waals surface area (Å²) in [5.41, 5.74) is 0. The standard InChI is InChI=1S/C59H113NO5/c1-3-5-7-9-11-13-15-17-25-29-33-37-41-45-49-53-59(64)65-54-50-46-42-38-34-30-27-24-22-20-18-19-21-23-26-28-32-36-40-44-48-52-58(63)60-56(55-61)57(62)51-47-43-39-35-31-16-14-12-10-8-6-4-2/h17,25,47,51,56-57,61-62H,3-16,18-24,26-46,48-50,52-55H2,1-2H3,(H,60,63)/b25-17-,51-47+. The maximum absolute atomic E-state index is 12.4. The van der Waals surface area contributed by atoms with Crippen LogP contribution in [0.15, 0.2) is 24.3 Å². The number of carbonyl (C=O) groups is 2. The molecule has 2 atom stereocenters. The molecule has 0 spiro atoms. The molecule has 1 amide bonds. The van der Waals surface area contributed by atoms with Crippen LogP contribution in [0.3, 0.4) is 0 Å². The zero-order valence-electron chi connectivity index (χ0n) is 43.7. The van der Waals surface area contributed by atoms with Gasteiger partial charge in [0, 0.05) is 12.8 Å². The molecule has 0 fully saturated rings. The van der Waals surface area contributed by atoms with E-state index in [1.54, 1.807) is 6.08 Å². The number of allylic oxidation sites excluding steroid dienone is 3. The molecule has 0 saturated carbocycles. The van der Waals surface area contributed by atoms with Crippen LogP contribution in [-0.4, -0.2) is 47.4 Å². The van der Waals surface area contributed by atoms with Crippen LogP contribution >= 0.6 is 0 Å². The molecule has 384 valence electrons. The van der Waals surface area contributed by atoms with Gasteiger partial charge >= 0.3 is 5.97 Å². The number of esters is 1. The second-order valence-corrected chi connectivity index (χ2v) is 20.0. The maximum Gasteiger partial charge on any atom is 0.305 e. The molecule has 3 N–H and O–H groups in total. The molecule has 2 unspecified atom stereocenters. The Morgan fingerprint density at radius 1 is 0.415 bits per heavy atom. The molecule has 65 heavy (non-hydrogen) atoms. The monoisotopic (exact) mass is 916 g/mol. The second-order valence-electron chi connectivity index (χ2n) is 20.0. The first-order chi connectivity index (χ1) is 32.0. The van der Waals surface area contributed by atoms with Gasteiger partial charge in [0.15, 0.2) is 0 Å². The molecule has 0 aliphatic rings. The second kappa shape index (κ2) is 54.9. The Hall–Kier alpha value is -1.66. The van der Waals surface area contributed by atoms with Crippen molar-refractivity contribution in [3.05, 3.63) is 24.3 Å². The summed E-state index contributed by atoms with van der Waals surface area (Å²) in [4.78, 5) is 24.5. The van der Waals surface area contributed by atoms with Gasteiger partial charge in [-0.25, -0.2) is 0 Å². The molecule has 0 aromatic carbocycles. The summed E-state index contributed by atoms with van der Waals surface area (Å²) in [6, 6.07) is -0.627. The predicted octanol–water partition coefficient (Wildman–Crippen LogP) is 17.9. The summed E-state index contributed by atoms with van der Waals surface area (Å²) in [7, 11) is 0. The van der Waals surface area contributed by atoms with Gasteiger partial charge in [0.25, 0.3) is 0 Å². The molecule has 0 aliphatic carbocycles. The van der Waals surface area contributed by atoms with Gasteiger partial charge < -0.3 is 20.3 Å². The Kier molecular flexibility index (Phi) is 53.5. The zero-order valence-corrected chi connectivity index (χ0v) is 43.7. The average molecular weight is 917 g/mol. The van der Waals surface area contributed by atoms with Crippen molar-refractivity contribution in [1.82, 2.24) is 5.32 Å². The predicted molar refractivity (Wildman–Crippen MR) is 283 cm³/mol. The topological polar surface area (TPSA) is 95.9 Å². The van der Waals surface area contributed by atoms with E-state index in [0.717, 1.165) is 44.9 Å². The molecular weight excluding hydrogens is 803 g/mol. The van der Waals surface area contributed by atoms with Crippen molar-refractivity contribution < 1.29 is 24.5 Å². The van der Waals surface area contributed by atoms with Crippen LogP contribution in [0, 0.1) is 0 Å². The van der Waals surface area contributed by atoms with Crippen molar-refractivity contribution in [2.45, 2.75) is 328 Å². The van der Waals surface area contributed by atoms with Crippen molar-refractivity contribution in [2.75, 3.05) is 13.2 Å². The number of hydrogen-bond acceptors (Lipinski definition) is 5. The average Bonchev–Trinajstić information content (AvgIpc) is 3.31. The number of carbonyl (C=O) groups excluding carboxylic acids is 2. The van der Waals surface area contributed by atoms with Gasteiger partial charge in [-0.15, -0.1) is 0 Å². The summed E-state index contributed by atoms with van der Waals surface area (Å²) >= 11 is 0. The number of aliphatic hydroxyl groups excluding tert-OH is 2. The molecule has 6 heteroatoms. The molecule has 0 aliphatic heterocycles. The first kappa shape index (κ1) is 63.3. The van der Waals surface area contributed by atoms with E-state index in [1.807, 2.05) is 6.08 Å². The lowest BCUT2D eigenvalue weighted by Crippen LogP contribution is -2.45. The molecule has 0 rings (SSSR count). The summed E-state index contributed by atoms with van der Waals surface area (Å²) < 4.78 is 5.48. The Labute approximate surface area is 405 Å². The van der Waals surface area contributed by atoms with Crippen LogP contribution < -0.4 is 5.32 Å². The third-order valence-electron chi connectivity index (χ3n) is 13.5. The van der Waals surface area contributed by atoms with Crippen LogP contribution in [0.4, 0.5) is 0 Å². The van der Waals surface area contributed by atoms with Crippen molar-refractivity contribution in [3.8, 4) is 0 Å². The van der Waals surface area contributed by atoms with Crippen LogP contribution in [0.2, 0.25) is 0 Å². The summed E-state index contributed by atoms with van der Waals surface area (Å²) in [5, 5.41) is 23.0. The molecule has 0 bridgehead atoms. The highest BCUT2D eigenvalue weighted by Gasteiger charge is 2.18. The van der Waals surface area contributed by atoms with Crippen LogP contribution in [0.25, 0.3) is 0 Å². The van der Waals surface area contributed by atoms with Crippen molar-refractivity contribution in [2.24, 2.45) is 0 Å². The SMILES string of the molecule is CCCCCCCC/C=C\CCCCCCCC(=O)OCCCCCCCCCCCCCCCCCCCCCCCC(=O)NC(CO)C(O)/C=C/CCCCCCCCCCCC. The highest BCUT2D eigenvalue weighted by Crippen LogP contribution is 2.17. The largest absolute Gasteiger partial charge is 0.466 e. The number of hydrogen-bond donors (Lipinski definition) is 3. The van der Waals surface area contributed by atoms with Gasteiger partial charge in [0.05, 0.1) is 25.4 Å². The van der Waals surface area contributed by atoms with Gasteiger partial charge in [0.1, 0.15) is 0 Å². The highest BCUT2D eigenvalue weighted by molar-refractivity contribution is 5.76. The molecule has 6 nitrogen and oxygen atoms in total. The number of unbranched alkanes of at least 4 members (excludes halogenated alkanes) is 41. The maximum atomic E-state index is 12.4. The number of ether oxygens (including phenoxy) is 1. The van der Waals surface area contributed by atoms with Crippen LogP contribution in [0.1, 0.15) is 316 Å². The summed E-state index contributed by atoms with van der Waals surface area (Å²) in [5.74, 6) is -0.0657. The quantitative estimate of drug-likeness (QED) is 0.0321. The lowest BCUT2D eigenvalue weighted by molar-refractivity contribution is -0.143. The van der Waals surface area contributed by atoms with Crippen LogP contribution in [-0.2, 0) is 14.3 Å². The van der Waals surface area contributed by atoms with Gasteiger partial charge in [-0.3, -0.25) is 9.59 Å². The molecular formula is C59H113NO5. The minimum absolute atomic E-state index is 0.00346. The summed E-state index contributed by atoms with van der Waals surface area (Å²) in [6.07, 6.45) is 66.3. The number of aliphatic hydroxyl groups is 2.